The van der Waals surface area contributed by atoms with Crippen molar-refractivity contribution in [3.63, 3.8) is 0 Å². The Balaban J connectivity index is 1.87. The number of nitrogens with one attached hydrogen (secondary N) is 1. The fourth-order valence-corrected chi connectivity index (χ4v) is 3.05. The zero-order valence-corrected chi connectivity index (χ0v) is 14.2. The highest BCUT2D eigenvalue weighted by atomic mass is 32.1. The van der Waals surface area contributed by atoms with Crippen LogP contribution in [0.2, 0.25) is 0 Å². The van der Waals surface area contributed by atoms with Crippen LogP contribution in [0.15, 0.2) is 48.1 Å². The maximum atomic E-state index is 12.8. The van der Waals surface area contributed by atoms with Crippen LogP contribution in [0.5, 0.6) is 0 Å². The third-order valence-corrected chi connectivity index (χ3v) is 4.37. The molecule has 0 aliphatic heterocycles. The number of rotatable bonds is 4. The van der Waals surface area contributed by atoms with Gasteiger partial charge in [-0.2, -0.15) is 5.10 Å². The maximum absolute atomic E-state index is 12.8. The van der Waals surface area contributed by atoms with Crippen LogP contribution in [0, 0.1) is 0 Å². The molecule has 3 aromatic heterocycles. The zero-order chi connectivity index (χ0) is 17.2. The number of fused-ring (bicyclic) bond motifs is 1. The minimum absolute atomic E-state index is 0.254. The Morgan fingerprint density at radius 1 is 1.24 bits per heavy atom. The van der Waals surface area contributed by atoms with E-state index in [1.165, 1.54) is 11.3 Å². The monoisotopic (exact) mass is 350 g/mol. The first kappa shape index (κ1) is 15.4. The molecule has 0 bridgehead atoms. The third-order valence-electron chi connectivity index (χ3n) is 3.68. The summed E-state index contributed by atoms with van der Waals surface area (Å²) >= 11 is 1.35. The number of thiazole rings is 1. The minimum Gasteiger partial charge on any atom is -0.296 e. The summed E-state index contributed by atoms with van der Waals surface area (Å²) in [5.74, 6) is -0.340. The molecule has 0 aliphatic rings. The molecule has 7 nitrogen and oxygen atoms in total. The summed E-state index contributed by atoms with van der Waals surface area (Å²) in [5, 5.41) is 9.37. The summed E-state index contributed by atoms with van der Waals surface area (Å²) in [7, 11) is 0. The van der Waals surface area contributed by atoms with E-state index >= 15 is 0 Å². The van der Waals surface area contributed by atoms with Gasteiger partial charge in [0.1, 0.15) is 11.2 Å². The summed E-state index contributed by atoms with van der Waals surface area (Å²) in [6.45, 7) is 2.66. The smallest absolute Gasteiger partial charge is 0.278 e. The molecule has 25 heavy (non-hydrogen) atoms. The molecule has 0 fully saturated rings. The second kappa shape index (κ2) is 6.40. The number of nitrogens with zero attached hydrogens (tertiary/aromatic N) is 5. The van der Waals surface area contributed by atoms with Gasteiger partial charge in [-0.05, 0) is 6.92 Å². The van der Waals surface area contributed by atoms with Gasteiger partial charge < -0.3 is 0 Å². The Morgan fingerprint density at radius 3 is 2.80 bits per heavy atom. The van der Waals surface area contributed by atoms with Crippen molar-refractivity contribution in [2.24, 2.45) is 0 Å². The fourth-order valence-electron chi connectivity index (χ4n) is 2.52. The highest BCUT2D eigenvalue weighted by Crippen LogP contribution is 2.24. The van der Waals surface area contributed by atoms with Gasteiger partial charge in [0.2, 0.25) is 0 Å². The zero-order valence-electron chi connectivity index (χ0n) is 13.4. The van der Waals surface area contributed by atoms with E-state index < -0.39 is 0 Å². The van der Waals surface area contributed by atoms with E-state index in [-0.39, 0.29) is 11.6 Å². The topological polar surface area (TPSA) is 85.6 Å². The lowest BCUT2D eigenvalue weighted by Gasteiger charge is -2.09. The van der Waals surface area contributed by atoms with E-state index in [0.29, 0.717) is 28.5 Å². The third kappa shape index (κ3) is 2.87. The number of benzene rings is 1. The van der Waals surface area contributed by atoms with E-state index in [9.17, 15) is 4.79 Å². The normalized spacial score (nSPS) is 10.9. The van der Waals surface area contributed by atoms with Crippen molar-refractivity contribution in [1.82, 2.24) is 24.7 Å². The van der Waals surface area contributed by atoms with Crippen molar-refractivity contribution in [3.8, 4) is 11.3 Å². The molecule has 4 aromatic rings. The number of carbonyl (C=O) groups excluding carboxylic acids is 1. The summed E-state index contributed by atoms with van der Waals surface area (Å²) in [6.07, 6.45) is 3.26. The Hall–Kier alpha value is -3.13. The molecule has 3 heterocycles. The molecular weight excluding hydrogens is 336 g/mol. The number of anilines is 1. The van der Waals surface area contributed by atoms with Crippen molar-refractivity contribution in [2.75, 3.05) is 5.32 Å². The van der Waals surface area contributed by atoms with Crippen molar-refractivity contribution in [2.45, 2.75) is 13.5 Å². The van der Waals surface area contributed by atoms with Crippen molar-refractivity contribution >= 4 is 33.5 Å². The molecule has 1 aromatic carbocycles. The molecule has 0 radical (unpaired) electrons. The van der Waals surface area contributed by atoms with Crippen LogP contribution in [0.3, 0.4) is 0 Å². The van der Waals surface area contributed by atoms with Gasteiger partial charge in [-0.25, -0.2) is 19.6 Å². The van der Waals surface area contributed by atoms with E-state index in [2.05, 4.69) is 25.4 Å². The lowest BCUT2D eigenvalue weighted by molar-refractivity contribution is 0.102. The maximum Gasteiger partial charge on any atom is 0.278 e. The van der Waals surface area contributed by atoms with Crippen LogP contribution < -0.4 is 5.32 Å². The van der Waals surface area contributed by atoms with Gasteiger partial charge in [0.25, 0.3) is 5.91 Å². The predicted molar refractivity (Wildman–Crippen MR) is 96.5 cm³/mol. The lowest BCUT2D eigenvalue weighted by atomic mass is 10.1. The number of hydrogen-bond acceptors (Lipinski definition) is 6. The van der Waals surface area contributed by atoms with Gasteiger partial charge in [0.05, 0.1) is 6.20 Å². The van der Waals surface area contributed by atoms with Crippen LogP contribution >= 0.6 is 11.3 Å². The predicted octanol–water partition coefficient (Wildman–Crippen LogP) is 3.22. The fraction of sp³-hybridized carbons (Fsp3) is 0.118. The van der Waals surface area contributed by atoms with E-state index in [1.54, 1.807) is 22.5 Å². The van der Waals surface area contributed by atoms with Gasteiger partial charge >= 0.3 is 0 Å². The molecule has 0 saturated heterocycles. The van der Waals surface area contributed by atoms with Crippen molar-refractivity contribution < 1.29 is 4.79 Å². The quantitative estimate of drug-likeness (QED) is 0.611. The standard InChI is InChI=1S/C17H14N6OS/c1-2-23-15-12(10-19-23)20-14(16(24)22-17-18-8-9-25-17)13(21-15)11-6-4-3-5-7-11/h3-10H,2H2,1H3,(H,18,22,24). The van der Waals surface area contributed by atoms with Crippen LogP contribution in [-0.2, 0) is 6.54 Å². The van der Waals surface area contributed by atoms with Crippen molar-refractivity contribution in [3.05, 3.63) is 53.8 Å². The van der Waals surface area contributed by atoms with Crippen LogP contribution in [0.4, 0.5) is 5.13 Å². The number of aromatic nitrogens is 5. The van der Waals surface area contributed by atoms with Crippen LogP contribution in [0.1, 0.15) is 17.4 Å². The first-order valence-electron chi connectivity index (χ1n) is 7.76. The second-order valence-electron chi connectivity index (χ2n) is 5.25. The number of amides is 1. The average Bonchev–Trinajstić information content (AvgIpc) is 3.30. The van der Waals surface area contributed by atoms with Gasteiger partial charge in [-0.3, -0.25) is 10.1 Å². The number of carbonyl (C=O) groups is 1. The molecular formula is C17H14N6OS. The molecule has 0 unspecified atom stereocenters. The first-order valence-corrected chi connectivity index (χ1v) is 8.64. The molecule has 0 aliphatic carbocycles. The van der Waals surface area contributed by atoms with Crippen LogP contribution in [0.25, 0.3) is 22.4 Å². The molecule has 8 heteroatoms. The second-order valence-corrected chi connectivity index (χ2v) is 6.14. The molecule has 0 atom stereocenters. The average molecular weight is 350 g/mol. The molecule has 4 rings (SSSR count). The summed E-state index contributed by atoms with van der Waals surface area (Å²) in [4.78, 5) is 26.0. The molecule has 0 spiro atoms. The summed E-state index contributed by atoms with van der Waals surface area (Å²) in [5.41, 5.74) is 2.85. The molecule has 1 N–H and O–H groups in total. The SMILES string of the molecule is CCn1ncc2nc(C(=O)Nc3nccs3)c(-c3ccccc3)nc21. The van der Waals surface area contributed by atoms with Gasteiger partial charge in [-0.1, -0.05) is 30.3 Å². The Bertz CT molecular complexity index is 1030. The van der Waals surface area contributed by atoms with E-state index in [4.69, 9.17) is 0 Å². The molecule has 0 saturated carbocycles. The Morgan fingerprint density at radius 2 is 2.08 bits per heavy atom. The van der Waals surface area contributed by atoms with Gasteiger partial charge in [-0.15, -0.1) is 11.3 Å². The Labute approximate surface area is 147 Å². The number of hydrogen-bond donors (Lipinski definition) is 1. The molecule has 124 valence electrons. The first-order chi connectivity index (χ1) is 12.3. The minimum atomic E-state index is -0.340. The van der Waals surface area contributed by atoms with Crippen molar-refractivity contribution in [1.29, 1.82) is 0 Å². The summed E-state index contributed by atoms with van der Waals surface area (Å²) in [6, 6.07) is 9.54. The lowest BCUT2D eigenvalue weighted by Crippen LogP contribution is -2.16. The molecule has 1 amide bonds. The van der Waals surface area contributed by atoms with Gasteiger partial charge in [0, 0.05) is 23.7 Å². The van der Waals surface area contributed by atoms with E-state index in [0.717, 1.165) is 5.56 Å². The highest BCUT2D eigenvalue weighted by Gasteiger charge is 2.20. The summed E-state index contributed by atoms with van der Waals surface area (Å²) < 4.78 is 1.76. The Kier molecular flexibility index (Phi) is 3.95. The van der Waals surface area contributed by atoms with Crippen LogP contribution in [-0.4, -0.2) is 30.6 Å². The largest absolute Gasteiger partial charge is 0.296 e. The van der Waals surface area contributed by atoms with Gasteiger partial charge in [0.15, 0.2) is 16.5 Å². The van der Waals surface area contributed by atoms with E-state index in [1.807, 2.05) is 37.3 Å². The number of aryl methyl sites for hydroxylation is 1. The highest BCUT2D eigenvalue weighted by molar-refractivity contribution is 7.13.